The molecule has 0 aliphatic carbocycles. The normalized spacial score (nSPS) is 19.4. The smallest absolute Gasteiger partial charge is 0.247 e. The molecular formula is C26H30N2O4. The Morgan fingerprint density at radius 2 is 1.94 bits per heavy atom. The minimum absolute atomic E-state index is 0.139. The highest BCUT2D eigenvalue weighted by Crippen LogP contribution is 2.40. The molecule has 0 radical (unpaired) electrons. The first-order chi connectivity index (χ1) is 15.6. The van der Waals surface area contributed by atoms with Crippen LogP contribution in [-0.4, -0.2) is 60.5 Å². The Hall–Kier alpha value is -2.67. The summed E-state index contributed by atoms with van der Waals surface area (Å²) in [5.74, 6) is 0.706. The van der Waals surface area contributed by atoms with Gasteiger partial charge in [0.05, 0.1) is 0 Å². The molecule has 0 bridgehead atoms. The number of hydrogen-bond acceptors (Lipinski definition) is 5. The van der Waals surface area contributed by atoms with Crippen molar-refractivity contribution in [1.82, 2.24) is 9.88 Å². The lowest BCUT2D eigenvalue weighted by Crippen LogP contribution is -2.37. The minimum atomic E-state index is -0.570. The summed E-state index contributed by atoms with van der Waals surface area (Å²) in [6.07, 6.45) is 4.57. The number of pyridine rings is 1. The lowest BCUT2D eigenvalue weighted by molar-refractivity contribution is 0.0149. The molecule has 3 aromatic rings. The molecule has 0 amide bonds. The van der Waals surface area contributed by atoms with Crippen LogP contribution >= 0.6 is 0 Å². The number of likely N-dealkylation sites (tertiary alicyclic amines) is 1. The Kier molecular flexibility index (Phi) is 6.00. The molecule has 2 saturated heterocycles. The number of aliphatic hydroxyl groups excluding tert-OH is 1. The van der Waals surface area contributed by atoms with Crippen LogP contribution < -0.4 is 10.3 Å². The number of aliphatic hydroxyl groups is 1. The third-order valence-corrected chi connectivity index (χ3v) is 6.93. The predicted octanol–water partition coefficient (Wildman–Crippen LogP) is 3.44. The van der Waals surface area contributed by atoms with Gasteiger partial charge in [0.2, 0.25) is 5.56 Å². The summed E-state index contributed by atoms with van der Waals surface area (Å²) in [5, 5.41) is 12.9. The first kappa shape index (κ1) is 21.2. The van der Waals surface area contributed by atoms with Gasteiger partial charge in [-0.05, 0) is 54.1 Å². The molecule has 2 fully saturated rings. The van der Waals surface area contributed by atoms with Crippen LogP contribution in [0.4, 0.5) is 0 Å². The largest absolute Gasteiger partial charge is 0.490 e. The summed E-state index contributed by atoms with van der Waals surface area (Å²) >= 11 is 0. The zero-order valence-electron chi connectivity index (χ0n) is 18.3. The van der Waals surface area contributed by atoms with Crippen molar-refractivity contribution in [2.75, 3.05) is 39.5 Å². The van der Waals surface area contributed by atoms with E-state index in [0.29, 0.717) is 17.7 Å². The topological polar surface area (TPSA) is 74.8 Å². The second-order valence-electron chi connectivity index (χ2n) is 9.16. The quantitative estimate of drug-likeness (QED) is 0.622. The first-order valence-corrected chi connectivity index (χ1v) is 11.4. The van der Waals surface area contributed by atoms with Crippen molar-refractivity contribution < 1.29 is 14.6 Å². The molecule has 1 unspecified atom stereocenters. The molecule has 6 heteroatoms. The summed E-state index contributed by atoms with van der Waals surface area (Å²) in [6.45, 7) is 4.61. The molecule has 0 saturated carbocycles. The number of hydrogen-bond donors (Lipinski definition) is 2. The second kappa shape index (κ2) is 9.06. The Morgan fingerprint density at radius 3 is 2.75 bits per heavy atom. The van der Waals surface area contributed by atoms with Gasteiger partial charge < -0.3 is 24.5 Å². The monoisotopic (exact) mass is 434 g/mol. The fourth-order valence-electron chi connectivity index (χ4n) is 5.17. The van der Waals surface area contributed by atoms with Gasteiger partial charge >= 0.3 is 0 Å². The molecule has 168 valence electrons. The van der Waals surface area contributed by atoms with Gasteiger partial charge in [0.1, 0.15) is 18.5 Å². The first-order valence-electron chi connectivity index (χ1n) is 11.4. The van der Waals surface area contributed by atoms with Crippen LogP contribution in [0.15, 0.2) is 59.5 Å². The van der Waals surface area contributed by atoms with Crippen molar-refractivity contribution in [2.45, 2.75) is 25.4 Å². The lowest BCUT2D eigenvalue weighted by Gasteiger charge is -2.33. The summed E-state index contributed by atoms with van der Waals surface area (Å²) in [5.41, 5.74) is 2.04. The van der Waals surface area contributed by atoms with Gasteiger partial charge in [0, 0.05) is 49.7 Å². The van der Waals surface area contributed by atoms with Crippen LogP contribution in [0.2, 0.25) is 0 Å². The van der Waals surface area contributed by atoms with E-state index in [1.807, 2.05) is 30.3 Å². The van der Waals surface area contributed by atoms with Gasteiger partial charge in [0.25, 0.3) is 0 Å². The van der Waals surface area contributed by atoms with Gasteiger partial charge in [-0.1, -0.05) is 30.3 Å². The van der Waals surface area contributed by atoms with Crippen molar-refractivity contribution >= 4 is 10.8 Å². The number of rotatable bonds is 6. The van der Waals surface area contributed by atoms with Gasteiger partial charge in [-0.3, -0.25) is 4.79 Å². The zero-order chi connectivity index (χ0) is 22.0. The van der Waals surface area contributed by atoms with Gasteiger partial charge in [-0.15, -0.1) is 0 Å². The van der Waals surface area contributed by atoms with E-state index >= 15 is 0 Å². The molecule has 1 aromatic heterocycles. The van der Waals surface area contributed by atoms with Crippen LogP contribution in [0.25, 0.3) is 21.9 Å². The van der Waals surface area contributed by atoms with E-state index in [4.69, 9.17) is 9.47 Å². The van der Waals surface area contributed by atoms with Gasteiger partial charge in [-0.25, -0.2) is 0 Å². The molecule has 32 heavy (non-hydrogen) atoms. The summed E-state index contributed by atoms with van der Waals surface area (Å²) in [6, 6.07) is 15.4. The highest BCUT2D eigenvalue weighted by molar-refractivity contribution is 5.99. The molecule has 5 rings (SSSR count). The van der Waals surface area contributed by atoms with E-state index < -0.39 is 6.10 Å². The molecule has 2 aliphatic heterocycles. The van der Waals surface area contributed by atoms with E-state index in [1.165, 1.54) is 12.5 Å². The Bertz CT molecular complexity index is 1120. The zero-order valence-corrected chi connectivity index (χ0v) is 18.3. The molecule has 2 aromatic carbocycles. The van der Waals surface area contributed by atoms with Crippen LogP contribution in [-0.2, 0) is 4.74 Å². The standard InChI is InChI=1S/C26H30N2O4/c29-21(16-28-12-9-26(18-28)10-13-31-14-11-26)17-32-23-7-5-19-3-1-2-4-22(19)25(23)20-6-8-24(30)27-15-20/h1-8,15,21,29H,9-14,16-18H2,(H,27,30). The van der Waals surface area contributed by atoms with E-state index in [9.17, 15) is 9.90 Å². The van der Waals surface area contributed by atoms with Crippen molar-refractivity contribution in [3.05, 3.63) is 65.1 Å². The Morgan fingerprint density at radius 1 is 1.09 bits per heavy atom. The third kappa shape index (κ3) is 4.44. The predicted molar refractivity (Wildman–Crippen MR) is 125 cm³/mol. The number of β-amino-alcohol motifs (C(OH)–C–C–N with tert-alkyl or cyclic N) is 1. The fraction of sp³-hybridized carbons (Fsp3) is 0.423. The van der Waals surface area contributed by atoms with Crippen molar-refractivity contribution in [2.24, 2.45) is 5.41 Å². The maximum atomic E-state index is 11.6. The van der Waals surface area contributed by atoms with Crippen molar-refractivity contribution in [3.63, 3.8) is 0 Å². The number of H-pyrrole nitrogens is 1. The average Bonchev–Trinajstić information content (AvgIpc) is 3.19. The molecule has 1 atom stereocenters. The second-order valence-corrected chi connectivity index (χ2v) is 9.16. The number of ether oxygens (including phenoxy) is 2. The number of nitrogens with one attached hydrogen (secondary N) is 1. The van der Waals surface area contributed by atoms with Crippen LogP contribution in [0.5, 0.6) is 5.75 Å². The van der Waals surface area contributed by atoms with Gasteiger partial charge in [-0.2, -0.15) is 0 Å². The van der Waals surface area contributed by atoms with E-state index in [0.717, 1.165) is 61.0 Å². The number of aromatic nitrogens is 1. The summed E-state index contributed by atoms with van der Waals surface area (Å²) in [7, 11) is 0. The van der Waals surface area contributed by atoms with E-state index in [1.54, 1.807) is 6.20 Å². The Labute approximate surface area is 187 Å². The average molecular weight is 435 g/mol. The third-order valence-electron chi connectivity index (χ3n) is 6.93. The maximum absolute atomic E-state index is 11.6. The minimum Gasteiger partial charge on any atom is -0.490 e. The molecule has 1 spiro atoms. The van der Waals surface area contributed by atoms with E-state index in [2.05, 4.69) is 22.0 Å². The van der Waals surface area contributed by atoms with Crippen LogP contribution in [0, 0.1) is 5.41 Å². The maximum Gasteiger partial charge on any atom is 0.247 e. The lowest BCUT2D eigenvalue weighted by atomic mass is 9.80. The highest BCUT2D eigenvalue weighted by Gasteiger charge is 2.39. The highest BCUT2D eigenvalue weighted by atomic mass is 16.5. The number of nitrogens with zero attached hydrogens (tertiary/aromatic N) is 1. The van der Waals surface area contributed by atoms with E-state index in [-0.39, 0.29) is 12.2 Å². The summed E-state index contributed by atoms with van der Waals surface area (Å²) in [4.78, 5) is 16.7. The van der Waals surface area contributed by atoms with Crippen molar-refractivity contribution in [3.8, 4) is 16.9 Å². The number of benzene rings is 2. The van der Waals surface area contributed by atoms with Crippen molar-refractivity contribution in [1.29, 1.82) is 0 Å². The number of fused-ring (bicyclic) bond motifs is 1. The molecule has 2 aliphatic rings. The van der Waals surface area contributed by atoms with Crippen LogP contribution in [0.1, 0.15) is 19.3 Å². The SMILES string of the molecule is O=c1ccc(-c2c(OCC(O)CN3CCC4(CCOCC4)C3)ccc3ccccc23)c[nH]1. The molecular weight excluding hydrogens is 404 g/mol. The number of aromatic amines is 1. The summed E-state index contributed by atoms with van der Waals surface area (Å²) < 4.78 is 11.7. The fourth-order valence-corrected chi connectivity index (χ4v) is 5.17. The Balaban J connectivity index is 1.30. The molecule has 3 heterocycles. The molecule has 6 nitrogen and oxygen atoms in total. The van der Waals surface area contributed by atoms with Gasteiger partial charge in [0.15, 0.2) is 0 Å². The molecule has 2 N–H and O–H groups in total. The van der Waals surface area contributed by atoms with Crippen LogP contribution in [0.3, 0.4) is 0 Å².